The first-order chi connectivity index (χ1) is 8.00. The first-order valence-electron chi connectivity index (χ1n) is 5.21. The standard InChI is InChI=1S/C11H13FN2O2S/c1-14-5-4-10(11(14)15)17(16)9-3-2-7(13)6-8(9)12/h2-3,6,10H,4-5,13H2,1H3. The van der Waals surface area contributed by atoms with Crippen LogP contribution in [0.1, 0.15) is 6.42 Å². The minimum absolute atomic E-state index is 0.0489. The van der Waals surface area contributed by atoms with Crippen molar-refractivity contribution in [2.45, 2.75) is 16.6 Å². The molecule has 0 aromatic heterocycles. The van der Waals surface area contributed by atoms with Crippen molar-refractivity contribution in [2.24, 2.45) is 0 Å². The van der Waals surface area contributed by atoms with Crippen molar-refractivity contribution in [1.82, 2.24) is 4.90 Å². The maximum atomic E-state index is 13.6. The van der Waals surface area contributed by atoms with Crippen LogP contribution in [0.5, 0.6) is 0 Å². The normalized spacial score (nSPS) is 21.9. The molecule has 1 aromatic carbocycles. The minimum atomic E-state index is -1.65. The predicted octanol–water partition coefficient (Wildman–Crippen LogP) is 0.746. The van der Waals surface area contributed by atoms with Crippen LogP contribution >= 0.6 is 0 Å². The SMILES string of the molecule is CN1CCC(S(=O)c2ccc(N)cc2F)C1=O. The molecule has 1 amide bonds. The van der Waals surface area contributed by atoms with Crippen LogP contribution < -0.4 is 5.73 Å². The number of carbonyl (C=O) groups excluding carboxylic acids is 1. The van der Waals surface area contributed by atoms with Crippen LogP contribution in [0, 0.1) is 5.82 Å². The lowest BCUT2D eigenvalue weighted by molar-refractivity contribution is -0.126. The highest BCUT2D eigenvalue weighted by Crippen LogP contribution is 2.23. The third-order valence-corrected chi connectivity index (χ3v) is 4.53. The molecule has 17 heavy (non-hydrogen) atoms. The largest absolute Gasteiger partial charge is 0.399 e. The van der Waals surface area contributed by atoms with Crippen molar-refractivity contribution in [2.75, 3.05) is 19.3 Å². The van der Waals surface area contributed by atoms with Crippen LogP contribution in [0.3, 0.4) is 0 Å². The number of nitrogens with zero attached hydrogens (tertiary/aromatic N) is 1. The molecule has 6 heteroatoms. The maximum Gasteiger partial charge on any atom is 0.238 e. The Balaban J connectivity index is 2.29. The number of nitrogens with two attached hydrogens (primary N) is 1. The summed E-state index contributed by atoms with van der Waals surface area (Å²) in [4.78, 5) is 13.2. The van der Waals surface area contributed by atoms with E-state index in [9.17, 15) is 13.4 Å². The number of nitrogen functional groups attached to an aromatic ring is 1. The molecular weight excluding hydrogens is 243 g/mol. The summed E-state index contributed by atoms with van der Waals surface area (Å²) in [5.74, 6) is -0.815. The van der Waals surface area contributed by atoms with Gasteiger partial charge in [-0.3, -0.25) is 9.00 Å². The number of benzene rings is 1. The third-order valence-electron chi connectivity index (χ3n) is 2.81. The fourth-order valence-electron chi connectivity index (χ4n) is 1.82. The lowest BCUT2D eigenvalue weighted by Gasteiger charge is -2.11. The van der Waals surface area contributed by atoms with E-state index < -0.39 is 21.9 Å². The Morgan fingerprint density at radius 1 is 1.53 bits per heavy atom. The molecule has 2 unspecified atom stereocenters. The Bertz CT molecular complexity index is 492. The molecule has 1 aliphatic rings. The van der Waals surface area contributed by atoms with E-state index in [0.29, 0.717) is 13.0 Å². The first kappa shape index (κ1) is 12.0. The summed E-state index contributed by atoms with van der Waals surface area (Å²) in [6.45, 7) is 0.561. The molecule has 1 aliphatic heterocycles. The number of halogens is 1. The number of amides is 1. The number of anilines is 1. The monoisotopic (exact) mass is 256 g/mol. The van der Waals surface area contributed by atoms with Gasteiger partial charge >= 0.3 is 0 Å². The van der Waals surface area contributed by atoms with Crippen LogP contribution in [0.4, 0.5) is 10.1 Å². The highest BCUT2D eigenvalue weighted by atomic mass is 32.2. The van der Waals surface area contributed by atoms with E-state index in [-0.39, 0.29) is 16.5 Å². The quantitative estimate of drug-likeness (QED) is 0.794. The van der Waals surface area contributed by atoms with Gasteiger partial charge in [0.1, 0.15) is 11.1 Å². The first-order valence-corrected chi connectivity index (χ1v) is 6.42. The zero-order valence-corrected chi connectivity index (χ0v) is 10.2. The minimum Gasteiger partial charge on any atom is -0.399 e. The summed E-state index contributed by atoms with van der Waals surface area (Å²) in [6, 6.07) is 3.99. The molecular formula is C11H13FN2O2S. The number of likely N-dealkylation sites (tertiary alicyclic amines) is 1. The van der Waals surface area contributed by atoms with E-state index >= 15 is 0 Å². The van der Waals surface area contributed by atoms with Gasteiger partial charge in [0, 0.05) is 19.3 Å². The van der Waals surface area contributed by atoms with Gasteiger partial charge in [0.15, 0.2) is 0 Å². The van der Waals surface area contributed by atoms with E-state index in [1.54, 1.807) is 7.05 Å². The van der Waals surface area contributed by atoms with Crippen LogP contribution in [0.2, 0.25) is 0 Å². The third kappa shape index (κ3) is 2.17. The summed E-state index contributed by atoms with van der Waals surface area (Å²) in [7, 11) is 0.000532. The van der Waals surface area contributed by atoms with Gasteiger partial charge < -0.3 is 10.6 Å². The van der Waals surface area contributed by atoms with Crippen molar-refractivity contribution in [1.29, 1.82) is 0 Å². The van der Waals surface area contributed by atoms with E-state index in [4.69, 9.17) is 5.73 Å². The Morgan fingerprint density at radius 2 is 2.24 bits per heavy atom. The summed E-state index contributed by atoms with van der Waals surface area (Å²) < 4.78 is 25.7. The Kier molecular flexibility index (Phi) is 3.15. The molecule has 0 aliphatic carbocycles. The molecule has 2 N–H and O–H groups in total. The van der Waals surface area contributed by atoms with Crippen molar-refractivity contribution in [3.63, 3.8) is 0 Å². The molecule has 2 atom stereocenters. The lowest BCUT2D eigenvalue weighted by Crippen LogP contribution is -2.28. The molecule has 4 nitrogen and oxygen atoms in total. The number of hydrogen-bond donors (Lipinski definition) is 1. The second-order valence-electron chi connectivity index (χ2n) is 4.02. The predicted molar refractivity (Wildman–Crippen MR) is 63.3 cm³/mol. The molecule has 0 saturated carbocycles. The summed E-state index contributed by atoms with van der Waals surface area (Å²) in [5, 5.41) is -0.641. The van der Waals surface area contributed by atoms with Crippen LogP contribution in [-0.4, -0.2) is 33.9 Å². The molecule has 0 radical (unpaired) electrons. The second kappa shape index (κ2) is 4.44. The van der Waals surface area contributed by atoms with Gasteiger partial charge in [-0.05, 0) is 24.6 Å². The summed E-state index contributed by atoms with van der Waals surface area (Å²) in [5.41, 5.74) is 5.69. The van der Waals surface area contributed by atoms with Crippen molar-refractivity contribution >= 4 is 22.4 Å². The molecule has 1 aromatic rings. The number of carbonyl (C=O) groups is 1. The van der Waals surface area contributed by atoms with E-state index in [1.807, 2.05) is 0 Å². The van der Waals surface area contributed by atoms with Crippen LogP contribution in [0.25, 0.3) is 0 Å². The second-order valence-corrected chi connectivity index (χ2v) is 5.63. The summed E-state index contributed by atoms with van der Waals surface area (Å²) in [6.07, 6.45) is 0.492. The van der Waals surface area contributed by atoms with Gasteiger partial charge in [0.2, 0.25) is 5.91 Å². The molecule has 1 heterocycles. The fourth-order valence-corrected chi connectivity index (χ4v) is 3.26. The van der Waals surface area contributed by atoms with E-state index in [1.165, 1.54) is 17.0 Å². The van der Waals surface area contributed by atoms with Gasteiger partial charge in [-0.1, -0.05) is 0 Å². The van der Waals surface area contributed by atoms with E-state index in [0.717, 1.165) is 6.07 Å². The van der Waals surface area contributed by atoms with Gasteiger partial charge in [-0.25, -0.2) is 4.39 Å². The molecule has 1 fully saturated rings. The van der Waals surface area contributed by atoms with Crippen LogP contribution in [0.15, 0.2) is 23.1 Å². The van der Waals surface area contributed by atoms with Crippen molar-refractivity contribution in [3.05, 3.63) is 24.0 Å². The maximum absolute atomic E-state index is 13.6. The van der Waals surface area contributed by atoms with Crippen molar-refractivity contribution in [3.8, 4) is 0 Å². The zero-order valence-electron chi connectivity index (χ0n) is 9.35. The fraction of sp³-hybridized carbons (Fsp3) is 0.364. The smallest absolute Gasteiger partial charge is 0.238 e. The Hall–Kier alpha value is -1.43. The van der Waals surface area contributed by atoms with Crippen molar-refractivity contribution < 1.29 is 13.4 Å². The highest BCUT2D eigenvalue weighted by Gasteiger charge is 2.35. The topological polar surface area (TPSA) is 63.4 Å². The highest BCUT2D eigenvalue weighted by molar-refractivity contribution is 7.86. The van der Waals surface area contributed by atoms with E-state index in [2.05, 4.69) is 0 Å². The zero-order chi connectivity index (χ0) is 12.6. The van der Waals surface area contributed by atoms with Gasteiger partial charge in [0.25, 0.3) is 0 Å². The molecule has 0 spiro atoms. The van der Waals surface area contributed by atoms with Crippen LogP contribution in [-0.2, 0) is 15.6 Å². The Morgan fingerprint density at radius 3 is 2.76 bits per heavy atom. The molecule has 0 bridgehead atoms. The molecule has 92 valence electrons. The molecule has 1 saturated heterocycles. The van der Waals surface area contributed by atoms with Gasteiger partial charge in [0.05, 0.1) is 15.7 Å². The van der Waals surface area contributed by atoms with Gasteiger partial charge in [-0.2, -0.15) is 0 Å². The average Bonchev–Trinajstić information content (AvgIpc) is 2.59. The number of hydrogen-bond acceptors (Lipinski definition) is 3. The lowest BCUT2D eigenvalue weighted by atomic mass is 10.3. The molecule has 2 rings (SSSR count). The summed E-state index contributed by atoms with van der Waals surface area (Å²) >= 11 is 0. The number of rotatable bonds is 2. The Labute approximate surface area is 101 Å². The van der Waals surface area contributed by atoms with Gasteiger partial charge in [-0.15, -0.1) is 0 Å². The average molecular weight is 256 g/mol.